The molecule has 0 fully saturated rings. The van der Waals surface area contributed by atoms with Crippen LogP contribution >= 0.6 is 0 Å². The zero-order valence-electron chi connectivity index (χ0n) is 44.3. The van der Waals surface area contributed by atoms with E-state index in [1.807, 2.05) is 13.8 Å². The summed E-state index contributed by atoms with van der Waals surface area (Å²) in [6, 6.07) is 1.94. The second-order valence-electron chi connectivity index (χ2n) is 18.1. The van der Waals surface area contributed by atoms with E-state index in [9.17, 15) is 0 Å². The third-order valence-electron chi connectivity index (χ3n) is 8.30. The van der Waals surface area contributed by atoms with Crippen LogP contribution < -0.4 is 0 Å². The van der Waals surface area contributed by atoms with E-state index in [2.05, 4.69) is 192 Å². The van der Waals surface area contributed by atoms with Crippen LogP contribution in [0.3, 0.4) is 0 Å². The Morgan fingerprint density at radius 1 is 0.328 bits per heavy atom. The van der Waals surface area contributed by atoms with E-state index >= 15 is 0 Å². The van der Waals surface area contributed by atoms with Gasteiger partial charge in [-0.1, -0.05) is 178 Å². The van der Waals surface area contributed by atoms with Gasteiger partial charge >= 0.3 is 92.8 Å². The standard InChI is InChI=1S/C12H26N2.2C10H22N2.C8H18N2.C6H14N2.5V/c1-7-11(3,4)13-9-10-14-12(5,6)8-2;1-9(2,3)11-7-8-12-10(4,5)6;1-5-9(3)11-7-8-12-10(4)6-2;1-7(2)9-5-6-10-8(3)4;1-3-7-5-6-8-4-2;;;;;/h7-10H2,1-6H3;7-8H2,1-6H3;9-10H,5-8H2,1-4H3;7-8H,5-6H2,1-4H3;3-6H2,1-2H3;;;;;/q5*-2;5*+2. The van der Waals surface area contributed by atoms with Crippen molar-refractivity contribution in [2.75, 3.05) is 78.5 Å². The zero-order valence-corrected chi connectivity index (χ0v) is 51.3. The third-order valence-corrected chi connectivity index (χ3v) is 8.30. The third kappa shape index (κ3) is 93.4. The molecule has 2 unspecified atom stereocenters. The molecule has 0 saturated carbocycles. The summed E-state index contributed by atoms with van der Waals surface area (Å²) in [7, 11) is 0. The molecule has 61 heavy (non-hydrogen) atoms. The smallest absolute Gasteiger partial charge is 0.664 e. The van der Waals surface area contributed by atoms with E-state index in [0.717, 1.165) is 104 Å². The number of nitrogens with zero attached hydrogens (tertiary/aromatic N) is 10. The quantitative estimate of drug-likeness (QED) is 0.0723. The summed E-state index contributed by atoms with van der Waals surface area (Å²) in [5.74, 6) is 0. The average Bonchev–Trinajstić information content (AvgIpc) is 3.11. The first-order valence-corrected chi connectivity index (χ1v) is 22.5. The van der Waals surface area contributed by atoms with Gasteiger partial charge in [0.2, 0.25) is 0 Å². The summed E-state index contributed by atoms with van der Waals surface area (Å²) in [6.07, 6.45) is 4.49. The Morgan fingerprint density at radius 3 is 0.770 bits per heavy atom. The van der Waals surface area contributed by atoms with Crippen LogP contribution in [0.2, 0.25) is 0 Å². The van der Waals surface area contributed by atoms with Gasteiger partial charge in [0.25, 0.3) is 0 Å². The van der Waals surface area contributed by atoms with Crippen molar-refractivity contribution in [3.63, 3.8) is 0 Å². The first-order chi connectivity index (χ1) is 25.8. The van der Waals surface area contributed by atoms with Gasteiger partial charge in [0, 0.05) is 0 Å². The van der Waals surface area contributed by atoms with Crippen LogP contribution in [0, 0.1) is 0 Å². The molecule has 5 radical (unpaired) electrons. The maximum atomic E-state index is 4.62. The molecular weight excluding hydrogens is 947 g/mol. The van der Waals surface area contributed by atoms with Crippen molar-refractivity contribution < 1.29 is 92.8 Å². The predicted octanol–water partition coefficient (Wildman–Crippen LogP) is 15.1. The Bertz CT molecular complexity index is 708. The van der Waals surface area contributed by atoms with E-state index in [4.69, 9.17) is 0 Å². The number of hydrogen-bond acceptors (Lipinski definition) is 0. The van der Waals surface area contributed by atoms with E-state index in [-0.39, 0.29) is 115 Å². The predicted molar refractivity (Wildman–Crippen MR) is 261 cm³/mol. The van der Waals surface area contributed by atoms with Gasteiger partial charge < -0.3 is 53.2 Å². The fourth-order valence-corrected chi connectivity index (χ4v) is 3.60. The maximum absolute atomic E-state index is 4.62. The Balaban J connectivity index is -0.0000000659. The number of hydrogen-bond donors (Lipinski definition) is 0. The average molecular weight is 1050 g/mol. The molecule has 0 heterocycles. The molecule has 0 aromatic rings. The molecule has 0 aromatic heterocycles. The molecule has 0 aromatic carbocycles. The molecule has 0 aliphatic rings. The molecule has 0 spiro atoms. The van der Waals surface area contributed by atoms with Crippen LogP contribution in [0.1, 0.15) is 178 Å². The molecule has 0 N–H and O–H groups in total. The zero-order chi connectivity index (χ0) is 44.7. The van der Waals surface area contributed by atoms with Crippen LogP contribution in [0.15, 0.2) is 0 Å². The second-order valence-corrected chi connectivity index (χ2v) is 18.1. The van der Waals surface area contributed by atoms with Crippen molar-refractivity contribution in [3.8, 4) is 0 Å². The Kier molecular flexibility index (Phi) is 80.8. The van der Waals surface area contributed by atoms with E-state index in [1.165, 1.54) is 0 Å². The molecule has 10 nitrogen and oxygen atoms in total. The van der Waals surface area contributed by atoms with Gasteiger partial charge in [0.05, 0.1) is 0 Å². The SMILES string of the molecule is CC(C)(C)[N-]CC[N-]C(C)(C)C.CC(C)[N-]CC[N-]C(C)C.CCC(C)(C)[N-]CC[N-]C(C)(C)CC.CCC(C)[N-]CC[N-]C(C)CC.CC[N-]CC[N-]CC.[V+2].[V+2].[V+2].[V+2].[V+2]. The molecule has 15 heteroatoms. The van der Waals surface area contributed by atoms with Crippen LogP contribution in [-0.2, 0) is 92.8 Å². The van der Waals surface area contributed by atoms with E-state index < -0.39 is 0 Å². The van der Waals surface area contributed by atoms with Crippen molar-refractivity contribution in [2.45, 2.75) is 224 Å². The van der Waals surface area contributed by atoms with Gasteiger partial charge in [-0.3, -0.25) is 0 Å². The summed E-state index contributed by atoms with van der Waals surface area (Å²) in [5.41, 5.74) is 0.443. The molecule has 0 saturated heterocycles. The summed E-state index contributed by atoms with van der Waals surface area (Å²) in [5, 5.41) is 43.9. The summed E-state index contributed by atoms with van der Waals surface area (Å²) in [6.45, 7) is 57.5. The summed E-state index contributed by atoms with van der Waals surface area (Å²) >= 11 is 0. The first-order valence-electron chi connectivity index (χ1n) is 22.5. The number of likely N-dealkylation sites (N-methyl/N-ethyl adjacent to an activating group) is 2. The van der Waals surface area contributed by atoms with Gasteiger partial charge in [0.1, 0.15) is 0 Å². The van der Waals surface area contributed by atoms with Crippen molar-refractivity contribution in [2.24, 2.45) is 0 Å². The van der Waals surface area contributed by atoms with Crippen molar-refractivity contribution >= 4 is 0 Å². The molecule has 361 valence electrons. The molecule has 0 rings (SSSR count). The molecule has 0 bridgehead atoms. The Morgan fingerprint density at radius 2 is 0.574 bits per heavy atom. The minimum absolute atomic E-state index is 0. The maximum Gasteiger partial charge on any atom is 2.00 e. The largest absolute Gasteiger partial charge is 2.00 e. The Hall–Kier alpha value is 2.52. The van der Waals surface area contributed by atoms with Gasteiger partial charge in [-0.25, -0.2) is 0 Å². The van der Waals surface area contributed by atoms with E-state index in [0.29, 0.717) is 24.2 Å². The fraction of sp³-hybridized carbons (Fsp3) is 1.00. The minimum atomic E-state index is 0. The van der Waals surface area contributed by atoms with Gasteiger partial charge in [-0.2, -0.15) is 78.5 Å². The van der Waals surface area contributed by atoms with Gasteiger partial charge in [-0.05, 0) is 0 Å². The van der Waals surface area contributed by atoms with Gasteiger partial charge in [0.15, 0.2) is 0 Å². The van der Waals surface area contributed by atoms with Crippen molar-refractivity contribution in [1.82, 2.24) is 0 Å². The van der Waals surface area contributed by atoms with Crippen molar-refractivity contribution in [1.29, 1.82) is 0 Å². The molecular formula is C46H102N10V5. The van der Waals surface area contributed by atoms with Crippen LogP contribution in [0.25, 0.3) is 53.2 Å². The summed E-state index contributed by atoms with van der Waals surface area (Å²) in [4.78, 5) is 0. The van der Waals surface area contributed by atoms with E-state index in [1.54, 1.807) is 0 Å². The normalized spacial score (nSPS) is 12.0. The summed E-state index contributed by atoms with van der Waals surface area (Å²) < 4.78 is 0. The first kappa shape index (κ1) is 86.7. The molecule has 0 amide bonds. The molecule has 2 atom stereocenters. The molecule has 0 aliphatic carbocycles. The fourth-order valence-electron chi connectivity index (χ4n) is 3.60. The van der Waals surface area contributed by atoms with Crippen molar-refractivity contribution in [3.05, 3.63) is 53.2 Å². The Labute approximate surface area is 445 Å². The number of rotatable bonds is 27. The second kappa shape index (κ2) is 56.8. The molecule has 0 aliphatic heterocycles. The minimum Gasteiger partial charge on any atom is -0.664 e. The topological polar surface area (TPSA) is 141 Å². The van der Waals surface area contributed by atoms with Crippen LogP contribution in [0.5, 0.6) is 0 Å². The monoisotopic (exact) mass is 1050 g/mol. The van der Waals surface area contributed by atoms with Crippen LogP contribution in [0.4, 0.5) is 0 Å². The van der Waals surface area contributed by atoms with Crippen LogP contribution in [-0.4, -0.2) is 125 Å². The van der Waals surface area contributed by atoms with Gasteiger partial charge in [-0.15, -0.1) is 46.3 Å².